The van der Waals surface area contributed by atoms with E-state index in [1.807, 2.05) is 4.90 Å². The van der Waals surface area contributed by atoms with Gasteiger partial charge in [-0.3, -0.25) is 0 Å². The van der Waals surface area contributed by atoms with Crippen molar-refractivity contribution in [3.8, 4) is 28.5 Å². The normalized spacial score (nSPS) is 14.3. The molecule has 3 aromatic rings. The van der Waals surface area contributed by atoms with Gasteiger partial charge in [0.25, 0.3) is 0 Å². The van der Waals surface area contributed by atoms with E-state index in [4.69, 9.17) is 23.2 Å². The summed E-state index contributed by atoms with van der Waals surface area (Å²) < 4.78 is 39.9. The molecule has 164 valence electrons. The Balaban J connectivity index is 1.96. The fourth-order valence-electron chi connectivity index (χ4n) is 3.90. The maximum absolute atomic E-state index is 13.3. The lowest BCUT2D eigenvalue weighted by atomic mass is 9.97. The number of anilines is 1. The fourth-order valence-corrected chi connectivity index (χ4v) is 4.41. The van der Waals surface area contributed by atoms with E-state index < -0.39 is 11.7 Å². The van der Waals surface area contributed by atoms with E-state index in [-0.39, 0.29) is 0 Å². The lowest BCUT2D eigenvalue weighted by Gasteiger charge is -2.29. The van der Waals surface area contributed by atoms with Gasteiger partial charge in [0.1, 0.15) is 17.5 Å². The van der Waals surface area contributed by atoms with Gasteiger partial charge in [0.15, 0.2) is 0 Å². The Bertz CT molecular complexity index is 1200. The number of alkyl halides is 3. The first-order valence-electron chi connectivity index (χ1n) is 10.1. The van der Waals surface area contributed by atoms with Crippen molar-refractivity contribution in [2.24, 2.45) is 0 Å². The van der Waals surface area contributed by atoms with Crippen LogP contribution in [-0.4, -0.2) is 18.1 Å². The summed E-state index contributed by atoms with van der Waals surface area (Å²) in [4.78, 5) is 6.68. The zero-order chi connectivity index (χ0) is 22.9. The molecule has 1 aliphatic heterocycles. The molecule has 1 saturated heterocycles. The molecular formula is C24H18Cl2F3N3. The smallest absolute Gasteiger partial charge is 0.355 e. The Labute approximate surface area is 194 Å². The predicted octanol–water partition coefficient (Wildman–Crippen LogP) is 7.60. The number of rotatable bonds is 3. The van der Waals surface area contributed by atoms with Crippen molar-refractivity contribution in [1.29, 1.82) is 5.26 Å². The van der Waals surface area contributed by atoms with Crippen LogP contribution in [0.15, 0.2) is 48.5 Å². The minimum absolute atomic E-state index is 0.314. The van der Waals surface area contributed by atoms with Crippen LogP contribution in [0, 0.1) is 11.3 Å². The standard InChI is InChI=1S/C24H18Cl2F3N3/c25-17-7-8-18(21(26)12-17)19-13-22(15-5-4-6-16(11-15)24(27,28)29)31-23(20(19)14-30)32-9-2-1-3-10-32/h4-8,11-13H,1-3,9-10H2. The van der Waals surface area contributed by atoms with Crippen molar-refractivity contribution in [2.45, 2.75) is 25.4 Å². The van der Waals surface area contributed by atoms with Gasteiger partial charge in [-0.2, -0.15) is 18.4 Å². The average Bonchev–Trinajstić information content (AvgIpc) is 2.78. The molecule has 32 heavy (non-hydrogen) atoms. The van der Waals surface area contributed by atoms with E-state index in [2.05, 4.69) is 11.1 Å². The van der Waals surface area contributed by atoms with Gasteiger partial charge in [-0.1, -0.05) is 41.4 Å². The fraction of sp³-hybridized carbons (Fsp3) is 0.250. The monoisotopic (exact) mass is 475 g/mol. The number of pyridine rings is 1. The van der Waals surface area contributed by atoms with Crippen LogP contribution in [-0.2, 0) is 6.18 Å². The summed E-state index contributed by atoms with van der Waals surface area (Å²) >= 11 is 12.5. The molecule has 1 fully saturated rings. The van der Waals surface area contributed by atoms with Crippen LogP contribution in [0.3, 0.4) is 0 Å². The number of piperidine rings is 1. The van der Waals surface area contributed by atoms with Crippen LogP contribution in [0.5, 0.6) is 0 Å². The molecule has 0 amide bonds. The summed E-state index contributed by atoms with van der Waals surface area (Å²) in [7, 11) is 0. The van der Waals surface area contributed by atoms with Crippen molar-refractivity contribution in [2.75, 3.05) is 18.0 Å². The Morgan fingerprint density at radius 2 is 1.69 bits per heavy atom. The van der Waals surface area contributed by atoms with Crippen LogP contribution in [0.4, 0.5) is 19.0 Å². The molecule has 0 bridgehead atoms. The lowest BCUT2D eigenvalue weighted by Crippen LogP contribution is -2.31. The van der Waals surface area contributed by atoms with Gasteiger partial charge < -0.3 is 4.90 Å². The molecule has 0 atom stereocenters. The number of aromatic nitrogens is 1. The highest BCUT2D eigenvalue weighted by Crippen LogP contribution is 2.39. The third kappa shape index (κ3) is 4.55. The molecule has 2 heterocycles. The number of hydrogen-bond acceptors (Lipinski definition) is 3. The van der Waals surface area contributed by atoms with Crippen LogP contribution < -0.4 is 4.90 Å². The number of nitrogens with zero attached hydrogens (tertiary/aromatic N) is 3. The van der Waals surface area contributed by atoms with Crippen molar-refractivity contribution in [1.82, 2.24) is 4.98 Å². The van der Waals surface area contributed by atoms with Crippen molar-refractivity contribution < 1.29 is 13.2 Å². The Hall–Kier alpha value is -2.75. The minimum Gasteiger partial charge on any atom is -0.355 e. The number of nitriles is 1. The second-order valence-electron chi connectivity index (χ2n) is 7.62. The summed E-state index contributed by atoms with van der Waals surface area (Å²) in [5.74, 6) is 0.461. The van der Waals surface area contributed by atoms with Crippen molar-refractivity contribution in [3.63, 3.8) is 0 Å². The SMILES string of the molecule is N#Cc1c(-c2ccc(Cl)cc2Cl)cc(-c2cccc(C(F)(F)F)c2)nc1N1CCCCC1. The first-order chi connectivity index (χ1) is 15.3. The summed E-state index contributed by atoms with van der Waals surface area (Å²) in [6.07, 6.45) is -1.48. The zero-order valence-corrected chi connectivity index (χ0v) is 18.4. The molecule has 4 rings (SSSR count). The van der Waals surface area contributed by atoms with Crippen LogP contribution in [0.1, 0.15) is 30.4 Å². The predicted molar refractivity (Wildman–Crippen MR) is 121 cm³/mol. The second kappa shape index (κ2) is 9.01. The average molecular weight is 476 g/mol. The van der Waals surface area contributed by atoms with Crippen LogP contribution in [0.25, 0.3) is 22.4 Å². The summed E-state index contributed by atoms with van der Waals surface area (Å²) in [6, 6.07) is 13.8. The highest BCUT2D eigenvalue weighted by Gasteiger charge is 2.31. The van der Waals surface area contributed by atoms with Gasteiger partial charge in [-0.05, 0) is 49.6 Å². The molecule has 0 unspecified atom stereocenters. The molecule has 1 aromatic heterocycles. The van der Waals surface area contributed by atoms with Gasteiger partial charge in [0.2, 0.25) is 0 Å². The maximum atomic E-state index is 13.3. The Kier molecular flexibility index (Phi) is 6.32. The van der Waals surface area contributed by atoms with E-state index in [1.54, 1.807) is 30.3 Å². The number of hydrogen-bond donors (Lipinski definition) is 0. The molecular weight excluding hydrogens is 458 g/mol. The van der Waals surface area contributed by atoms with E-state index in [9.17, 15) is 18.4 Å². The molecule has 3 nitrogen and oxygen atoms in total. The number of benzene rings is 2. The maximum Gasteiger partial charge on any atom is 0.416 e. The Morgan fingerprint density at radius 3 is 2.34 bits per heavy atom. The van der Waals surface area contributed by atoms with Gasteiger partial charge in [-0.25, -0.2) is 4.98 Å². The van der Waals surface area contributed by atoms with Crippen LogP contribution in [0.2, 0.25) is 10.0 Å². The van der Waals surface area contributed by atoms with Crippen LogP contribution >= 0.6 is 23.2 Å². The zero-order valence-electron chi connectivity index (χ0n) is 16.9. The molecule has 2 aromatic carbocycles. The van der Waals surface area contributed by atoms with E-state index in [0.717, 1.165) is 44.5 Å². The second-order valence-corrected chi connectivity index (χ2v) is 8.46. The third-order valence-electron chi connectivity index (χ3n) is 5.47. The van der Waals surface area contributed by atoms with E-state index in [0.29, 0.717) is 43.8 Å². The molecule has 8 heteroatoms. The largest absolute Gasteiger partial charge is 0.416 e. The first-order valence-corrected chi connectivity index (χ1v) is 10.9. The highest BCUT2D eigenvalue weighted by molar-refractivity contribution is 6.36. The lowest BCUT2D eigenvalue weighted by molar-refractivity contribution is -0.137. The molecule has 0 spiro atoms. The van der Waals surface area contributed by atoms with E-state index >= 15 is 0 Å². The van der Waals surface area contributed by atoms with Gasteiger partial charge >= 0.3 is 6.18 Å². The Morgan fingerprint density at radius 1 is 0.938 bits per heavy atom. The molecule has 0 N–H and O–H groups in total. The summed E-state index contributed by atoms with van der Waals surface area (Å²) in [5, 5.41) is 10.8. The van der Waals surface area contributed by atoms with E-state index in [1.165, 1.54) is 6.07 Å². The van der Waals surface area contributed by atoms with Gasteiger partial charge in [0.05, 0.1) is 11.3 Å². The molecule has 0 saturated carbocycles. The summed E-state index contributed by atoms with van der Waals surface area (Å²) in [5.41, 5.74) is 1.32. The molecule has 1 aliphatic rings. The minimum atomic E-state index is -4.47. The summed E-state index contributed by atoms with van der Waals surface area (Å²) in [6.45, 7) is 1.45. The van der Waals surface area contributed by atoms with Gasteiger partial charge in [0, 0.05) is 39.8 Å². The topological polar surface area (TPSA) is 39.9 Å². The number of halogens is 5. The third-order valence-corrected chi connectivity index (χ3v) is 6.02. The quantitative estimate of drug-likeness (QED) is 0.391. The molecule has 0 aliphatic carbocycles. The molecule has 0 radical (unpaired) electrons. The van der Waals surface area contributed by atoms with Gasteiger partial charge in [-0.15, -0.1) is 0 Å². The van der Waals surface area contributed by atoms with Crippen molar-refractivity contribution >= 4 is 29.0 Å². The van der Waals surface area contributed by atoms with Crippen molar-refractivity contribution in [3.05, 3.63) is 69.7 Å². The first kappa shape index (κ1) is 22.4. The highest BCUT2D eigenvalue weighted by atomic mass is 35.5.